The van der Waals surface area contributed by atoms with Gasteiger partial charge in [-0.3, -0.25) is 4.79 Å². The third kappa shape index (κ3) is 4.00. The van der Waals surface area contributed by atoms with Crippen LogP contribution < -0.4 is 11.1 Å². The molecule has 0 unspecified atom stereocenters. The molecule has 104 valence electrons. The second kappa shape index (κ2) is 6.44. The average Bonchev–Trinajstić information content (AvgIpc) is 2.41. The number of aryl methyl sites for hydroxylation is 1. The highest BCUT2D eigenvalue weighted by Crippen LogP contribution is 2.18. The predicted octanol–water partition coefficient (Wildman–Crippen LogP) is 3.29. The lowest BCUT2D eigenvalue weighted by Crippen LogP contribution is -2.13. The SMILES string of the molecule is Cc1ccc(CNc2ccc(CC(N)=O)cc2)cc1Cl. The Hall–Kier alpha value is -2.00. The van der Waals surface area contributed by atoms with Crippen LogP contribution in [0.2, 0.25) is 5.02 Å². The van der Waals surface area contributed by atoms with E-state index in [1.807, 2.05) is 43.3 Å². The number of carbonyl (C=O) groups excluding carboxylic acids is 1. The number of hydrogen-bond acceptors (Lipinski definition) is 2. The number of nitrogens with two attached hydrogens (primary N) is 1. The molecular formula is C16H17ClN2O. The van der Waals surface area contributed by atoms with E-state index in [1.165, 1.54) is 0 Å². The van der Waals surface area contributed by atoms with Crippen LogP contribution in [0.3, 0.4) is 0 Å². The standard InChI is InChI=1S/C16H17ClN2O/c1-11-2-3-13(8-15(11)17)10-19-14-6-4-12(5-7-14)9-16(18)20/h2-8,19H,9-10H2,1H3,(H2,18,20). The van der Waals surface area contributed by atoms with Gasteiger partial charge in [-0.1, -0.05) is 35.9 Å². The third-order valence-corrected chi connectivity index (χ3v) is 3.47. The zero-order chi connectivity index (χ0) is 14.5. The molecule has 1 amide bonds. The van der Waals surface area contributed by atoms with E-state index in [0.717, 1.165) is 27.4 Å². The smallest absolute Gasteiger partial charge is 0.221 e. The van der Waals surface area contributed by atoms with Gasteiger partial charge in [0.1, 0.15) is 0 Å². The van der Waals surface area contributed by atoms with Crippen LogP contribution in [0, 0.1) is 6.92 Å². The molecule has 0 radical (unpaired) electrons. The van der Waals surface area contributed by atoms with Crippen molar-refractivity contribution in [1.82, 2.24) is 0 Å². The number of nitrogens with one attached hydrogen (secondary N) is 1. The molecule has 20 heavy (non-hydrogen) atoms. The zero-order valence-electron chi connectivity index (χ0n) is 11.3. The highest BCUT2D eigenvalue weighted by atomic mass is 35.5. The first-order valence-corrected chi connectivity index (χ1v) is 6.78. The summed E-state index contributed by atoms with van der Waals surface area (Å²) in [6.07, 6.45) is 0.272. The van der Waals surface area contributed by atoms with Crippen LogP contribution >= 0.6 is 11.6 Å². The van der Waals surface area contributed by atoms with Crippen LogP contribution in [-0.4, -0.2) is 5.91 Å². The molecule has 0 fully saturated rings. The van der Waals surface area contributed by atoms with E-state index in [4.69, 9.17) is 17.3 Å². The Morgan fingerprint density at radius 2 is 1.80 bits per heavy atom. The van der Waals surface area contributed by atoms with Gasteiger partial charge in [0, 0.05) is 17.3 Å². The Bertz CT molecular complexity index is 608. The second-order valence-electron chi connectivity index (χ2n) is 4.78. The topological polar surface area (TPSA) is 55.1 Å². The van der Waals surface area contributed by atoms with Gasteiger partial charge in [0.2, 0.25) is 5.91 Å². The molecule has 0 aliphatic heterocycles. The fourth-order valence-electron chi connectivity index (χ4n) is 1.89. The van der Waals surface area contributed by atoms with Crippen molar-refractivity contribution in [2.75, 3.05) is 5.32 Å². The Morgan fingerprint density at radius 3 is 2.40 bits per heavy atom. The molecule has 0 atom stereocenters. The van der Waals surface area contributed by atoms with Crippen molar-refractivity contribution in [1.29, 1.82) is 0 Å². The summed E-state index contributed by atoms with van der Waals surface area (Å²) in [6, 6.07) is 13.7. The van der Waals surface area contributed by atoms with Gasteiger partial charge < -0.3 is 11.1 Å². The summed E-state index contributed by atoms with van der Waals surface area (Å²) in [5, 5.41) is 4.09. The fourth-order valence-corrected chi connectivity index (χ4v) is 2.10. The predicted molar refractivity (Wildman–Crippen MR) is 82.9 cm³/mol. The minimum Gasteiger partial charge on any atom is -0.381 e. The normalized spacial score (nSPS) is 10.3. The van der Waals surface area contributed by atoms with Crippen LogP contribution in [0.25, 0.3) is 0 Å². The number of amides is 1. The lowest BCUT2D eigenvalue weighted by molar-refractivity contribution is -0.117. The molecule has 2 aromatic rings. The van der Waals surface area contributed by atoms with E-state index in [2.05, 4.69) is 11.4 Å². The molecule has 0 bridgehead atoms. The number of anilines is 1. The molecule has 0 heterocycles. The van der Waals surface area contributed by atoms with Crippen molar-refractivity contribution >= 4 is 23.2 Å². The van der Waals surface area contributed by atoms with Gasteiger partial charge in [-0.05, 0) is 41.8 Å². The molecule has 0 spiro atoms. The molecule has 3 nitrogen and oxygen atoms in total. The molecule has 0 aliphatic carbocycles. The summed E-state index contributed by atoms with van der Waals surface area (Å²) in [7, 11) is 0. The number of primary amides is 1. The molecule has 0 saturated carbocycles. The molecule has 4 heteroatoms. The number of halogens is 1. The van der Waals surface area contributed by atoms with E-state index in [0.29, 0.717) is 6.54 Å². The molecule has 3 N–H and O–H groups in total. The molecular weight excluding hydrogens is 272 g/mol. The molecule has 0 saturated heterocycles. The van der Waals surface area contributed by atoms with Crippen molar-refractivity contribution in [3.63, 3.8) is 0 Å². The molecule has 2 aromatic carbocycles. The Morgan fingerprint density at radius 1 is 1.15 bits per heavy atom. The third-order valence-electron chi connectivity index (χ3n) is 3.07. The van der Waals surface area contributed by atoms with E-state index >= 15 is 0 Å². The van der Waals surface area contributed by atoms with Crippen molar-refractivity contribution in [2.24, 2.45) is 5.73 Å². The van der Waals surface area contributed by atoms with Crippen LogP contribution in [0.5, 0.6) is 0 Å². The highest BCUT2D eigenvalue weighted by Gasteiger charge is 2.00. The number of rotatable bonds is 5. The van der Waals surface area contributed by atoms with E-state index < -0.39 is 0 Å². The Kier molecular flexibility index (Phi) is 4.64. The van der Waals surface area contributed by atoms with Crippen LogP contribution in [-0.2, 0) is 17.8 Å². The monoisotopic (exact) mass is 288 g/mol. The maximum Gasteiger partial charge on any atom is 0.221 e. The number of hydrogen-bond donors (Lipinski definition) is 2. The summed E-state index contributed by atoms with van der Waals surface area (Å²) in [5.41, 5.74) is 9.27. The lowest BCUT2D eigenvalue weighted by Gasteiger charge is -2.08. The van der Waals surface area contributed by atoms with Crippen molar-refractivity contribution < 1.29 is 4.79 Å². The molecule has 0 aliphatic rings. The first-order valence-electron chi connectivity index (χ1n) is 6.41. The van der Waals surface area contributed by atoms with Gasteiger partial charge in [0.25, 0.3) is 0 Å². The van der Waals surface area contributed by atoms with Gasteiger partial charge >= 0.3 is 0 Å². The van der Waals surface area contributed by atoms with Gasteiger partial charge in [-0.25, -0.2) is 0 Å². The fraction of sp³-hybridized carbons (Fsp3) is 0.188. The summed E-state index contributed by atoms with van der Waals surface area (Å²) < 4.78 is 0. The van der Waals surface area contributed by atoms with Crippen LogP contribution in [0.4, 0.5) is 5.69 Å². The minimum absolute atomic E-state index is 0.272. The van der Waals surface area contributed by atoms with E-state index in [1.54, 1.807) is 0 Å². The maximum atomic E-state index is 10.8. The van der Waals surface area contributed by atoms with E-state index in [9.17, 15) is 4.79 Å². The lowest BCUT2D eigenvalue weighted by atomic mass is 10.1. The molecule has 0 aromatic heterocycles. The van der Waals surface area contributed by atoms with Gasteiger partial charge in [0.15, 0.2) is 0 Å². The summed E-state index contributed by atoms with van der Waals surface area (Å²) in [5.74, 6) is -0.319. The van der Waals surface area contributed by atoms with Gasteiger partial charge in [-0.15, -0.1) is 0 Å². The Balaban J connectivity index is 1.96. The number of benzene rings is 2. The van der Waals surface area contributed by atoms with Crippen molar-refractivity contribution in [2.45, 2.75) is 19.9 Å². The second-order valence-corrected chi connectivity index (χ2v) is 5.18. The van der Waals surface area contributed by atoms with Gasteiger partial charge in [0.05, 0.1) is 6.42 Å². The average molecular weight is 289 g/mol. The zero-order valence-corrected chi connectivity index (χ0v) is 12.1. The summed E-state index contributed by atoms with van der Waals surface area (Å²) in [4.78, 5) is 10.8. The largest absolute Gasteiger partial charge is 0.381 e. The quantitative estimate of drug-likeness (QED) is 0.887. The Labute approximate surface area is 123 Å². The number of carbonyl (C=O) groups is 1. The summed E-state index contributed by atoms with van der Waals surface area (Å²) >= 11 is 6.09. The van der Waals surface area contributed by atoms with Crippen LogP contribution in [0.15, 0.2) is 42.5 Å². The van der Waals surface area contributed by atoms with E-state index in [-0.39, 0.29) is 12.3 Å². The summed E-state index contributed by atoms with van der Waals surface area (Å²) in [6.45, 7) is 2.69. The van der Waals surface area contributed by atoms with Crippen molar-refractivity contribution in [3.05, 3.63) is 64.2 Å². The molecule has 2 rings (SSSR count). The maximum absolute atomic E-state index is 10.8. The van der Waals surface area contributed by atoms with Crippen molar-refractivity contribution in [3.8, 4) is 0 Å². The highest BCUT2D eigenvalue weighted by molar-refractivity contribution is 6.31. The van der Waals surface area contributed by atoms with Gasteiger partial charge in [-0.2, -0.15) is 0 Å². The first kappa shape index (κ1) is 14.4. The minimum atomic E-state index is -0.319. The van der Waals surface area contributed by atoms with Crippen LogP contribution in [0.1, 0.15) is 16.7 Å². The first-order chi connectivity index (χ1) is 9.54.